The van der Waals surface area contributed by atoms with Crippen molar-refractivity contribution in [3.8, 4) is 0 Å². The van der Waals surface area contributed by atoms with Gasteiger partial charge in [-0.3, -0.25) is 9.48 Å². The summed E-state index contributed by atoms with van der Waals surface area (Å²) in [6.45, 7) is 3.23. The Morgan fingerprint density at radius 3 is 2.80 bits per heavy atom. The SMILES string of the molecule is CC1(N)CCCCC1C(=O)NCc1cnn(Cc2ccccc2)c1.Cl. The van der Waals surface area contributed by atoms with Crippen LogP contribution in [0.5, 0.6) is 0 Å². The Kier molecular flexibility index (Phi) is 6.62. The molecule has 0 radical (unpaired) electrons. The molecular formula is C19H27ClN4O. The number of hydrogen-bond donors (Lipinski definition) is 2. The van der Waals surface area contributed by atoms with E-state index in [1.807, 2.05) is 42.2 Å². The van der Waals surface area contributed by atoms with Gasteiger partial charge in [0, 0.05) is 23.8 Å². The number of hydrogen-bond acceptors (Lipinski definition) is 3. The molecule has 1 aliphatic carbocycles. The molecule has 0 bridgehead atoms. The number of halogens is 1. The Balaban J connectivity index is 0.00000225. The smallest absolute Gasteiger partial charge is 0.225 e. The summed E-state index contributed by atoms with van der Waals surface area (Å²) in [4.78, 5) is 12.5. The van der Waals surface area contributed by atoms with E-state index in [4.69, 9.17) is 5.73 Å². The first-order valence-electron chi connectivity index (χ1n) is 8.66. The first-order valence-corrected chi connectivity index (χ1v) is 8.66. The van der Waals surface area contributed by atoms with Crippen LogP contribution in [-0.4, -0.2) is 21.2 Å². The van der Waals surface area contributed by atoms with Crippen LogP contribution in [0.25, 0.3) is 0 Å². The van der Waals surface area contributed by atoms with Gasteiger partial charge in [0.25, 0.3) is 0 Å². The largest absolute Gasteiger partial charge is 0.352 e. The predicted molar refractivity (Wildman–Crippen MR) is 101 cm³/mol. The van der Waals surface area contributed by atoms with E-state index in [0.29, 0.717) is 6.54 Å². The Morgan fingerprint density at radius 2 is 2.08 bits per heavy atom. The fourth-order valence-electron chi connectivity index (χ4n) is 3.46. The fraction of sp³-hybridized carbons (Fsp3) is 0.474. The third-order valence-electron chi connectivity index (χ3n) is 4.91. The molecule has 1 aliphatic rings. The van der Waals surface area contributed by atoms with E-state index in [0.717, 1.165) is 37.8 Å². The van der Waals surface area contributed by atoms with Gasteiger partial charge in [0.15, 0.2) is 0 Å². The molecule has 0 saturated heterocycles. The van der Waals surface area contributed by atoms with Crippen molar-refractivity contribution in [2.24, 2.45) is 11.7 Å². The van der Waals surface area contributed by atoms with Crippen LogP contribution in [0.3, 0.4) is 0 Å². The zero-order valence-corrected chi connectivity index (χ0v) is 15.5. The summed E-state index contributed by atoms with van der Waals surface area (Å²) in [6, 6.07) is 10.2. The molecule has 2 aromatic rings. The van der Waals surface area contributed by atoms with Crippen LogP contribution in [0.4, 0.5) is 0 Å². The number of carbonyl (C=O) groups is 1. The summed E-state index contributed by atoms with van der Waals surface area (Å²) in [5.41, 5.74) is 8.13. The van der Waals surface area contributed by atoms with Crippen molar-refractivity contribution in [3.63, 3.8) is 0 Å². The molecule has 0 aliphatic heterocycles. The topological polar surface area (TPSA) is 72.9 Å². The van der Waals surface area contributed by atoms with Crippen LogP contribution < -0.4 is 11.1 Å². The maximum absolute atomic E-state index is 12.5. The molecule has 1 aromatic carbocycles. The van der Waals surface area contributed by atoms with E-state index in [1.165, 1.54) is 5.56 Å². The van der Waals surface area contributed by atoms with Crippen molar-refractivity contribution in [2.75, 3.05) is 0 Å². The lowest BCUT2D eigenvalue weighted by Crippen LogP contribution is -2.52. The fourth-order valence-corrected chi connectivity index (χ4v) is 3.46. The van der Waals surface area contributed by atoms with E-state index < -0.39 is 0 Å². The van der Waals surface area contributed by atoms with Gasteiger partial charge in [0.05, 0.1) is 18.7 Å². The highest BCUT2D eigenvalue weighted by atomic mass is 35.5. The zero-order valence-electron chi connectivity index (χ0n) is 14.6. The second-order valence-electron chi connectivity index (χ2n) is 7.05. The Morgan fingerprint density at radius 1 is 1.32 bits per heavy atom. The zero-order chi connectivity index (χ0) is 17.0. The number of amides is 1. The molecule has 1 heterocycles. The van der Waals surface area contributed by atoms with E-state index >= 15 is 0 Å². The summed E-state index contributed by atoms with van der Waals surface area (Å²) in [7, 11) is 0. The lowest BCUT2D eigenvalue weighted by molar-refractivity contribution is -0.128. The second-order valence-corrected chi connectivity index (χ2v) is 7.05. The van der Waals surface area contributed by atoms with Crippen molar-refractivity contribution in [3.05, 3.63) is 53.9 Å². The molecule has 25 heavy (non-hydrogen) atoms. The third-order valence-corrected chi connectivity index (χ3v) is 4.91. The van der Waals surface area contributed by atoms with Crippen molar-refractivity contribution in [2.45, 2.75) is 51.2 Å². The van der Waals surface area contributed by atoms with Crippen LogP contribution in [0.15, 0.2) is 42.7 Å². The second kappa shape index (κ2) is 8.50. The summed E-state index contributed by atoms with van der Waals surface area (Å²) in [5, 5.41) is 7.40. The van der Waals surface area contributed by atoms with Crippen molar-refractivity contribution in [1.82, 2.24) is 15.1 Å². The average molecular weight is 363 g/mol. The van der Waals surface area contributed by atoms with Gasteiger partial charge < -0.3 is 11.1 Å². The maximum atomic E-state index is 12.5. The number of aromatic nitrogens is 2. The van der Waals surface area contributed by atoms with E-state index in [-0.39, 0.29) is 29.8 Å². The Hall–Kier alpha value is -1.85. The molecule has 136 valence electrons. The first kappa shape index (κ1) is 19.5. The Labute approximate surface area is 155 Å². The molecular weight excluding hydrogens is 336 g/mol. The van der Waals surface area contributed by atoms with Crippen molar-refractivity contribution < 1.29 is 4.79 Å². The Bertz CT molecular complexity index is 684. The van der Waals surface area contributed by atoms with E-state index in [9.17, 15) is 4.79 Å². The van der Waals surface area contributed by atoms with Gasteiger partial charge in [0.2, 0.25) is 5.91 Å². The lowest BCUT2D eigenvalue weighted by atomic mass is 9.74. The normalized spacial score (nSPS) is 22.9. The number of carbonyl (C=O) groups excluding carboxylic acids is 1. The van der Waals surface area contributed by atoms with Gasteiger partial charge in [-0.2, -0.15) is 5.10 Å². The minimum atomic E-state index is -0.389. The van der Waals surface area contributed by atoms with Gasteiger partial charge in [-0.1, -0.05) is 43.2 Å². The minimum Gasteiger partial charge on any atom is -0.352 e. The average Bonchev–Trinajstić information content (AvgIpc) is 3.00. The van der Waals surface area contributed by atoms with Crippen LogP contribution in [0.1, 0.15) is 43.7 Å². The number of nitrogens with two attached hydrogens (primary N) is 1. The highest BCUT2D eigenvalue weighted by molar-refractivity contribution is 5.85. The molecule has 6 heteroatoms. The standard InChI is InChI=1S/C19H26N4O.ClH/c1-19(20)10-6-5-9-17(19)18(24)21-11-16-12-22-23(14-16)13-15-7-3-2-4-8-15;/h2-4,7-8,12,14,17H,5-6,9-11,13,20H2,1H3,(H,21,24);1H. The van der Waals surface area contributed by atoms with Gasteiger partial charge in [0.1, 0.15) is 0 Å². The maximum Gasteiger partial charge on any atom is 0.225 e. The molecule has 2 unspecified atom stereocenters. The minimum absolute atomic E-state index is 0. The molecule has 2 atom stereocenters. The quantitative estimate of drug-likeness (QED) is 0.858. The predicted octanol–water partition coefficient (Wildman–Crippen LogP) is 2.88. The van der Waals surface area contributed by atoms with Crippen LogP contribution >= 0.6 is 12.4 Å². The first-order chi connectivity index (χ1) is 11.5. The van der Waals surface area contributed by atoms with Gasteiger partial charge in [-0.25, -0.2) is 0 Å². The highest BCUT2D eigenvalue weighted by Gasteiger charge is 2.37. The monoisotopic (exact) mass is 362 g/mol. The number of rotatable bonds is 5. The lowest BCUT2D eigenvalue weighted by Gasteiger charge is -2.37. The van der Waals surface area contributed by atoms with Crippen LogP contribution in [0, 0.1) is 5.92 Å². The summed E-state index contributed by atoms with van der Waals surface area (Å²) >= 11 is 0. The number of benzene rings is 1. The van der Waals surface area contributed by atoms with Crippen LogP contribution in [0.2, 0.25) is 0 Å². The number of nitrogens with one attached hydrogen (secondary N) is 1. The molecule has 5 nitrogen and oxygen atoms in total. The van der Waals surface area contributed by atoms with Gasteiger partial charge in [-0.15, -0.1) is 12.4 Å². The van der Waals surface area contributed by atoms with Crippen molar-refractivity contribution in [1.29, 1.82) is 0 Å². The third kappa shape index (κ3) is 5.06. The summed E-state index contributed by atoms with van der Waals surface area (Å²) in [5.74, 6) is -0.0267. The van der Waals surface area contributed by atoms with Crippen molar-refractivity contribution >= 4 is 18.3 Å². The van der Waals surface area contributed by atoms with Crippen LogP contribution in [-0.2, 0) is 17.9 Å². The molecule has 3 N–H and O–H groups in total. The molecule has 1 amide bonds. The van der Waals surface area contributed by atoms with E-state index in [2.05, 4.69) is 22.5 Å². The highest BCUT2D eigenvalue weighted by Crippen LogP contribution is 2.31. The molecule has 1 fully saturated rings. The van der Waals surface area contributed by atoms with Gasteiger partial charge >= 0.3 is 0 Å². The molecule has 3 rings (SSSR count). The number of nitrogens with zero attached hydrogens (tertiary/aromatic N) is 2. The van der Waals surface area contributed by atoms with Gasteiger partial charge in [-0.05, 0) is 25.3 Å². The van der Waals surface area contributed by atoms with E-state index in [1.54, 1.807) is 0 Å². The molecule has 0 spiro atoms. The summed E-state index contributed by atoms with van der Waals surface area (Å²) < 4.78 is 1.89. The molecule has 1 saturated carbocycles. The summed E-state index contributed by atoms with van der Waals surface area (Å²) in [6.07, 6.45) is 7.79. The molecule has 1 aromatic heterocycles.